The van der Waals surface area contributed by atoms with Gasteiger partial charge in [0.2, 0.25) is 0 Å². The van der Waals surface area contributed by atoms with Gasteiger partial charge in [0.15, 0.2) is 5.78 Å². The van der Waals surface area contributed by atoms with E-state index >= 15 is 0 Å². The van der Waals surface area contributed by atoms with Crippen LogP contribution in [-0.4, -0.2) is 12.4 Å². The van der Waals surface area contributed by atoms with Gasteiger partial charge in [-0.15, -0.1) is 0 Å². The van der Waals surface area contributed by atoms with Crippen LogP contribution in [-0.2, 0) is 0 Å². The number of carbonyl (C=O) groups excluding carboxylic acids is 1. The van der Waals surface area contributed by atoms with E-state index in [1.54, 1.807) is 6.08 Å². The highest BCUT2D eigenvalue weighted by molar-refractivity contribution is 6.06. The molecule has 0 aliphatic carbocycles. The van der Waals surface area contributed by atoms with E-state index in [1.807, 2.05) is 31.2 Å². The lowest BCUT2D eigenvalue weighted by Gasteiger charge is -2.02. The molecule has 0 atom stereocenters. The van der Waals surface area contributed by atoms with Gasteiger partial charge in [-0.3, -0.25) is 4.79 Å². The fraction of sp³-hybridized carbons (Fsp3) is 0.118. The van der Waals surface area contributed by atoms with Crippen LogP contribution in [0.1, 0.15) is 22.8 Å². The lowest BCUT2D eigenvalue weighted by molar-refractivity contribution is 0.104. The van der Waals surface area contributed by atoms with Crippen LogP contribution in [0.4, 0.5) is 4.39 Å². The van der Waals surface area contributed by atoms with Gasteiger partial charge in [0.25, 0.3) is 0 Å². The molecule has 0 amide bonds. The Bertz CT molecular complexity index is 598. The lowest BCUT2D eigenvalue weighted by Crippen LogP contribution is -1.94. The predicted octanol–water partition coefficient (Wildman–Crippen LogP) is 4.12. The fourth-order valence-corrected chi connectivity index (χ4v) is 1.72. The number of rotatable bonds is 5. The number of carbonyl (C=O) groups is 1. The second kappa shape index (κ2) is 6.66. The van der Waals surface area contributed by atoms with E-state index in [-0.39, 0.29) is 11.6 Å². The zero-order valence-corrected chi connectivity index (χ0v) is 11.2. The van der Waals surface area contributed by atoms with E-state index in [0.29, 0.717) is 12.2 Å². The van der Waals surface area contributed by atoms with E-state index in [2.05, 4.69) is 0 Å². The molecule has 0 fully saturated rings. The quantitative estimate of drug-likeness (QED) is 0.603. The van der Waals surface area contributed by atoms with Gasteiger partial charge in [-0.25, -0.2) is 4.39 Å². The Morgan fingerprint density at radius 2 is 1.75 bits per heavy atom. The van der Waals surface area contributed by atoms with Crippen molar-refractivity contribution in [2.24, 2.45) is 0 Å². The minimum Gasteiger partial charge on any atom is -0.494 e. The fourth-order valence-electron chi connectivity index (χ4n) is 1.72. The van der Waals surface area contributed by atoms with Crippen molar-refractivity contribution >= 4 is 11.9 Å². The summed E-state index contributed by atoms with van der Waals surface area (Å²) < 4.78 is 18.1. The molecule has 2 aromatic rings. The van der Waals surface area contributed by atoms with Gasteiger partial charge in [0.05, 0.1) is 6.61 Å². The van der Waals surface area contributed by atoms with Gasteiger partial charge in [-0.05, 0) is 55.0 Å². The van der Waals surface area contributed by atoms with Gasteiger partial charge < -0.3 is 4.74 Å². The van der Waals surface area contributed by atoms with E-state index in [4.69, 9.17) is 4.74 Å². The Kier molecular flexibility index (Phi) is 4.66. The highest BCUT2D eigenvalue weighted by Gasteiger charge is 2.01. The lowest BCUT2D eigenvalue weighted by atomic mass is 10.1. The first-order valence-corrected chi connectivity index (χ1v) is 6.40. The minimum absolute atomic E-state index is 0.154. The summed E-state index contributed by atoms with van der Waals surface area (Å²) in [5, 5.41) is 0. The molecule has 2 rings (SSSR count). The third-order valence-electron chi connectivity index (χ3n) is 2.75. The summed E-state index contributed by atoms with van der Waals surface area (Å²) in [5.74, 6) is 0.297. The Labute approximate surface area is 117 Å². The zero-order chi connectivity index (χ0) is 14.4. The maximum Gasteiger partial charge on any atom is 0.185 e. The second-order valence-electron chi connectivity index (χ2n) is 4.21. The predicted molar refractivity (Wildman–Crippen MR) is 77.4 cm³/mol. The average Bonchev–Trinajstić information content (AvgIpc) is 2.47. The Morgan fingerprint density at radius 1 is 1.10 bits per heavy atom. The molecule has 0 saturated heterocycles. The molecule has 0 N–H and O–H groups in total. The smallest absolute Gasteiger partial charge is 0.185 e. The number of allylic oxidation sites excluding steroid dienone is 1. The zero-order valence-electron chi connectivity index (χ0n) is 11.2. The van der Waals surface area contributed by atoms with Crippen LogP contribution < -0.4 is 4.74 Å². The first kappa shape index (κ1) is 14.0. The van der Waals surface area contributed by atoms with Crippen LogP contribution in [0, 0.1) is 5.82 Å². The molecule has 3 heteroatoms. The van der Waals surface area contributed by atoms with E-state index in [9.17, 15) is 9.18 Å². The van der Waals surface area contributed by atoms with Crippen molar-refractivity contribution in [3.8, 4) is 5.75 Å². The number of halogens is 1. The van der Waals surface area contributed by atoms with E-state index in [0.717, 1.165) is 11.3 Å². The van der Waals surface area contributed by atoms with Crippen molar-refractivity contribution in [1.82, 2.24) is 0 Å². The molecular weight excluding hydrogens is 255 g/mol. The largest absolute Gasteiger partial charge is 0.494 e. The molecule has 0 heterocycles. The summed E-state index contributed by atoms with van der Waals surface area (Å²) in [7, 11) is 0. The first-order valence-electron chi connectivity index (χ1n) is 6.40. The highest BCUT2D eigenvalue weighted by atomic mass is 19.1. The summed E-state index contributed by atoms with van der Waals surface area (Å²) >= 11 is 0. The standard InChI is InChI=1S/C17H15FO2/c1-2-20-16-10-3-13(4-11-16)5-12-17(19)14-6-8-15(18)9-7-14/h3-12H,2H2,1H3. The molecular formula is C17H15FO2. The molecule has 2 aromatic carbocycles. The monoisotopic (exact) mass is 270 g/mol. The van der Waals surface area contributed by atoms with Gasteiger partial charge in [-0.1, -0.05) is 18.2 Å². The van der Waals surface area contributed by atoms with Crippen LogP contribution >= 0.6 is 0 Å². The number of hydrogen-bond acceptors (Lipinski definition) is 2. The van der Waals surface area contributed by atoms with E-state index in [1.165, 1.54) is 30.3 Å². The topological polar surface area (TPSA) is 26.3 Å². The van der Waals surface area contributed by atoms with Crippen molar-refractivity contribution < 1.29 is 13.9 Å². The molecule has 102 valence electrons. The summed E-state index contributed by atoms with van der Waals surface area (Å²) in [6, 6.07) is 13.0. The summed E-state index contributed by atoms with van der Waals surface area (Å²) in [5.41, 5.74) is 1.37. The van der Waals surface area contributed by atoms with E-state index < -0.39 is 0 Å². The molecule has 0 aliphatic rings. The van der Waals surface area contributed by atoms with Crippen molar-refractivity contribution in [2.75, 3.05) is 6.61 Å². The Hall–Kier alpha value is -2.42. The normalized spacial score (nSPS) is 10.7. The summed E-state index contributed by atoms with van der Waals surface area (Å²) in [6.07, 6.45) is 3.20. The van der Waals surface area contributed by atoms with Crippen LogP contribution in [0.5, 0.6) is 5.75 Å². The summed E-state index contributed by atoms with van der Waals surface area (Å²) in [4.78, 5) is 11.9. The second-order valence-corrected chi connectivity index (χ2v) is 4.21. The first-order chi connectivity index (χ1) is 9.69. The Balaban J connectivity index is 2.04. The van der Waals surface area contributed by atoms with Gasteiger partial charge in [0.1, 0.15) is 11.6 Å². The molecule has 0 unspecified atom stereocenters. The number of ketones is 1. The minimum atomic E-state index is -0.350. The average molecular weight is 270 g/mol. The van der Waals surface area contributed by atoms with Crippen molar-refractivity contribution in [3.63, 3.8) is 0 Å². The van der Waals surface area contributed by atoms with Crippen LogP contribution in [0.15, 0.2) is 54.6 Å². The van der Waals surface area contributed by atoms with Crippen LogP contribution in [0.3, 0.4) is 0 Å². The molecule has 0 aliphatic heterocycles. The van der Waals surface area contributed by atoms with Crippen LogP contribution in [0.25, 0.3) is 6.08 Å². The molecule has 0 saturated carbocycles. The highest BCUT2D eigenvalue weighted by Crippen LogP contribution is 2.13. The number of ether oxygens (including phenoxy) is 1. The third kappa shape index (κ3) is 3.79. The molecule has 0 aromatic heterocycles. The number of hydrogen-bond donors (Lipinski definition) is 0. The molecule has 0 spiro atoms. The SMILES string of the molecule is CCOc1ccc(C=CC(=O)c2ccc(F)cc2)cc1. The maximum absolute atomic E-state index is 12.8. The summed E-state index contributed by atoms with van der Waals surface area (Å²) in [6.45, 7) is 2.55. The maximum atomic E-state index is 12.8. The molecule has 2 nitrogen and oxygen atoms in total. The van der Waals surface area contributed by atoms with Gasteiger partial charge >= 0.3 is 0 Å². The molecule has 0 radical (unpaired) electrons. The van der Waals surface area contributed by atoms with Crippen molar-refractivity contribution in [3.05, 3.63) is 71.6 Å². The van der Waals surface area contributed by atoms with Crippen molar-refractivity contribution in [1.29, 1.82) is 0 Å². The third-order valence-corrected chi connectivity index (χ3v) is 2.75. The van der Waals surface area contributed by atoms with Crippen LogP contribution in [0.2, 0.25) is 0 Å². The van der Waals surface area contributed by atoms with Gasteiger partial charge in [-0.2, -0.15) is 0 Å². The number of benzene rings is 2. The van der Waals surface area contributed by atoms with Gasteiger partial charge in [0, 0.05) is 5.56 Å². The molecule has 0 bridgehead atoms. The van der Waals surface area contributed by atoms with Crippen molar-refractivity contribution in [2.45, 2.75) is 6.92 Å². The Morgan fingerprint density at radius 3 is 2.35 bits per heavy atom. The molecule has 20 heavy (non-hydrogen) atoms.